The molecular weight excluding hydrogens is 506 g/mol. The molecule has 2 aromatic carbocycles. The van der Waals surface area contributed by atoms with Gasteiger partial charge in [0.2, 0.25) is 11.8 Å². The fourth-order valence-corrected chi connectivity index (χ4v) is 6.36. The lowest BCUT2D eigenvalue weighted by Crippen LogP contribution is -2.34. The van der Waals surface area contributed by atoms with E-state index in [1.54, 1.807) is 6.07 Å². The second-order valence-electron chi connectivity index (χ2n) is 9.76. The summed E-state index contributed by atoms with van der Waals surface area (Å²) in [6.45, 7) is 4.68. The molecule has 2 heterocycles. The number of aromatic hydroxyl groups is 1. The van der Waals surface area contributed by atoms with Gasteiger partial charge >= 0.3 is 0 Å². The van der Waals surface area contributed by atoms with Gasteiger partial charge in [0, 0.05) is 16.0 Å². The van der Waals surface area contributed by atoms with Crippen molar-refractivity contribution < 1.29 is 19.4 Å². The Hall–Kier alpha value is -2.70. The molecule has 1 N–H and O–H groups in total. The lowest BCUT2D eigenvalue weighted by atomic mass is 9.69. The number of para-hydroxylation sites is 1. The molecule has 5 rings (SSSR count). The molecule has 2 fully saturated rings. The van der Waals surface area contributed by atoms with Crippen molar-refractivity contribution in [3.05, 3.63) is 75.3 Å². The summed E-state index contributed by atoms with van der Waals surface area (Å²) in [7, 11) is 0. The van der Waals surface area contributed by atoms with Crippen LogP contribution in [0, 0.1) is 17.8 Å². The molecule has 35 heavy (non-hydrogen) atoms. The quantitative estimate of drug-likeness (QED) is 0.349. The van der Waals surface area contributed by atoms with E-state index in [9.17, 15) is 14.7 Å². The number of halogens is 1. The molecule has 2 aromatic rings. The van der Waals surface area contributed by atoms with E-state index in [1.165, 1.54) is 16.0 Å². The molecule has 0 aromatic heterocycles. The predicted molar refractivity (Wildman–Crippen MR) is 140 cm³/mol. The number of fused-ring (bicyclic) bond motifs is 3. The van der Waals surface area contributed by atoms with Crippen LogP contribution in [0.1, 0.15) is 45.1 Å². The number of phenols is 1. The molecule has 2 amide bonds. The molecule has 2 aliphatic heterocycles. The molecule has 4 atom stereocenters. The summed E-state index contributed by atoms with van der Waals surface area (Å²) in [5, 5.41) is 10.2. The van der Waals surface area contributed by atoms with Gasteiger partial charge < -0.3 is 9.84 Å². The van der Waals surface area contributed by atoms with Crippen molar-refractivity contribution in [2.75, 3.05) is 11.5 Å². The third-order valence-corrected chi connectivity index (χ3v) is 8.13. The number of carbonyl (C=O) groups is 2. The Morgan fingerprint density at radius 2 is 1.91 bits per heavy atom. The normalized spacial score (nSPS) is 26.4. The molecule has 6 heteroatoms. The number of ether oxygens (including phenoxy) is 1. The number of phenolic OH excluding ortho intramolecular Hbond substituents is 1. The Labute approximate surface area is 214 Å². The van der Waals surface area contributed by atoms with Gasteiger partial charge in [0.25, 0.3) is 0 Å². The molecule has 3 aliphatic rings. The fourth-order valence-electron chi connectivity index (χ4n) is 5.98. The molecule has 2 saturated heterocycles. The first-order valence-corrected chi connectivity index (χ1v) is 13.1. The Balaban J connectivity index is 1.36. The highest BCUT2D eigenvalue weighted by molar-refractivity contribution is 9.10. The molecular formula is C29H30BrNO4. The van der Waals surface area contributed by atoms with E-state index in [4.69, 9.17) is 4.74 Å². The van der Waals surface area contributed by atoms with Gasteiger partial charge in [-0.3, -0.25) is 14.5 Å². The average molecular weight is 536 g/mol. The third kappa shape index (κ3) is 4.38. The SMILES string of the molecule is CCC1=C2[C@@H](CC/C(C)=C/c3cc(Br)ccc3O)OC[C@@H]2[C@@H]2C(=O)N(c3ccccc3)C(=O)[C@@H]2C1. The highest BCUT2D eigenvalue weighted by Gasteiger charge is 2.57. The maximum atomic E-state index is 13.5. The highest BCUT2D eigenvalue weighted by atomic mass is 79.9. The number of benzene rings is 2. The molecule has 1 aliphatic carbocycles. The second-order valence-corrected chi connectivity index (χ2v) is 10.7. The van der Waals surface area contributed by atoms with Crippen molar-refractivity contribution in [1.82, 2.24) is 0 Å². The Morgan fingerprint density at radius 1 is 1.14 bits per heavy atom. The van der Waals surface area contributed by atoms with Crippen molar-refractivity contribution in [1.29, 1.82) is 0 Å². The minimum Gasteiger partial charge on any atom is -0.507 e. The maximum absolute atomic E-state index is 13.5. The first-order chi connectivity index (χ1) is 16.9. The second kappa shape index (κ2) is 9.75. The highest BCUT2D eigenvalue weighted by Crippen LogP contribution is 2.51. The lowest BCUT2D eigenvalue weighted by molar-refractivity contribution is -0.122. The number of anilines is 1. The summed E-state index contributed by atoms with van der Waals surface area (Å²) in [4.78, 5) is 28.2. The van der Waals surface area contributed by atoms with Crippen molar-refractivity contribution in [3.8, 4) is 5.75 Å². The first kappa shape index (κ1) is 24.0. The minimum atomic E-state index is -0.340. The van der Waals surface area contributed by atoms with Crippen LogP contribution in [0.5, 0.6) is 5.75 Å². The van der Waals surface area contributed by atoms with Crippen LogP contribution in [0.3, 0.4) is 0 Å². The summed E-state index contributed by atoms with van der Waals surface area (Å²) in [5.41, 5.74) is 5.12. The number of nitrogens with zero attached hydrogens (tertiary/aromatic N) is 1. The number of amides is 2. The van der Waals surface area contributed by atoms with Crippen LogP contribution >= 0.6 is 15.9 Å². The number of imide groups is 1. The van der Waals surface area contributed by atoms with Gasteiger partial charge in [-0.2, -0.15) is 0 Å². The zero-order chi connectivity index (χ0) is 24.7. The van der Waals surface area contributed by atoms with Gasteiger partial charge in [0.15, 0.2) is 0 Å². The minimum absolute atomic E-state index is 0.0303. The Kier molecular flexibility index (Phi) is 6.69. The van der Waals surface area contributed by atoms with E-state index < -0.39 is 0 Å². The molecule has 0 spiro atoms. The fraction of sp³-hybridized carbons (Fsp3) is 0.379. The number of hydrogen-bond donors (Lipinski definition) is 1. The molecule has 0 bridgehead atoms. The predicted octanol–water partition coefficient (Wildman–Crippen LogP) is 6.27. The van der Waals surface area contributed by atoms with Crippen molar-refractivity contribution in [2.24, 2.45) is 17.8 Å². The van der Waals surface area contributed by atoms with E-state index in [0.29, 0.717) is 18.7 Å². The molecule has 0 saturated carbocycles. The summed E-state index contributed by atoms with van der Waals surface area (Å²) < 4.78 is 7.21. The van der Waals surface area contributed by atoms with Gasteiger partial charge in [0.1, 0.15) is 5.75 Å². The Morgan fingerprint density at radius 3 is 2.66 bits per heavy atom. The van der Waals surface area contributed by atoms with Crippen LogP contribution in [0.2, 0.25) is 0 Å². The van der Waals surface area contributed by atoms with E-state index in [-0.39, 0.29) is 41.4 Å². The molecule has 182 valence electrons. The molecule has 5 nitrogen and oxygen atoms in total. The van der Waals surface area contributed by atoms with Gasteiger partial charge in [-0.05, 0) is 68.5 Å². The van der Waals surface area contributed by atoms with Crippen molar-refractivity contribution >= 4 is 39.5 Å². The summed E-state index contributed by atoms with van der Waals surface area (Å²) in [6.07, 6.45) is 5.11. The monoisotopic (exact) mass is 535 g/mol. The van der Waals surface area contributed by atoms with E-state index in [2.05, 4.69) is 29.8 Å². The van der Waals surface area contributed by atoms with Crippen LogP contribution in [-0.4, -0.2) is 29.6 Å². The summed E-state index contributed by atoms with van der Waals surface area (Å²) >= 11 is 3.46. The smallest absolute Gasteiger partial charge is 0.238 e. The van der Waals surface area contributed by atoms with Crippen LogP contribution < -0.4 is 4.90 Å². The number of carbonyl (C=O) groups excluding carboxylic acids is 2. The standard InChI is InChI=1S/C29H30BrNO4/c1-3-18-15-22-27(29(34)31(28(22)33)21-7-5-4-6-8-21)23-16-35-25(26(18)23)12-9-17(2)13-19-14-20(30)10-11-24(19)32/h4-8,10-11,13-14,22-23,25,27,32H,3,9,12,15-16H2,1-2H3/b17-13+/t22-,23+,25-,27-/m1/s1. The zero-order valence-electron chi connectivity index (χ0n) is 20.0. The molecule has 0 radical (unpaired) electrons. The van der Waals surface area contributed by atoms with E-state index in [0.717, 1.165) is 34.9 Å². The van der Waals surface area contributed by atoms with Crippen LogP contribution in [0.4, 0.5) is 5.69 Å². The molecule has 0 unspecified atom stereocenters. The van der Waals surface area contributed by atoms with E-state index >= 15 is 0 Å². The van der Waals surface area contributed by atoms with Crippen LogP contribution in [-0.2, 0) is 14.3 Å². The van der Waals surface area contributed by atoms with Gasteiger partial charge in [-0.15, -0.1) is 0 Å². The number of allylic oxidation sites excluding steroid dienone is 2. The van der Waals surface area contributed by atoms with Crippen LogP contribution in [0.15, 0.2) is 69.7 Å². The topological polar surface area (TPSA) is 66.8 Å². The number of hydrogen-bond acceptors (Lipinski definition) is 4. The Bertz CT molecular complexity index is 1220. The number of rotatable bonds is 6. The van der Waals surface area contributed by atoms with Gasteiger partial charge in [0.05, 0.1) is 30.2 Å². The van der Waals surface area contributed by atoms with Crippen molar-refractivity contribution in [3.63, 3.8) is 0 Å². The largest absolute Gasteiger partial charge is 0.507 e. The van der Waals surface area contributed by atoms with Crippen LogP contribution in [0.25, 0.3) is 6.08 Å². The average Bonchev–Trinajstić information content (AvgIpc) is 3.38. The van der Waals surface area contributed by atoms with Gasteiger partial charge in [-0.25, -0.2) is 0 Å². The zero-order valence-corrected chi connectivity index (χ0v) is 21.6. The van der Waals surface area contributed by atoms with Gasteiger partial charge in [-0.1, -0.05) is 58.3 Å². The third-order valence-electron chi connectivity index (χ3n) is 7.64. The first-order valence-electron chi connectivity index (χ1n) is 12.3. The lowest BCUT2D eigenvalue weighted by Gasteiger charge is -2.31. The maximum Gasteiger partial charge on any atom is 0.238 e. The summed E-state index contributed by atoms with van der Waals surface area (Å²) in [6, 6.07) is 14.7. The summed E-state index contributed by atoms with van der Waals surface area (Å²) in [5.74, 6) is -0.576. The van der Waals surface area contributed by atoms with E-state index in [1.807, 2.05) is 48.5 Å². The van der Waals surface area contributed by atoms with Crippen molar-refractivity contribution in [2.45, 2.75) is 45.6 Å².